The molecule has 17 heavy (non-hydrogen) atoms. The molecule has 0 saturated heterocycles. The molecule has 1 aromatic carbocycles. The van der Waals surface area contributed by atoms with Crippen LogP contribution >= 0.6 is 11.6 Å². The van der Waals surface area contributed by atoms with Gasteiger partial charge in [-0.25, -0.2) is 4.39 Å². The summed E-state index contributed by atoms with van der Waals surface area (Å²) in [6.07, 6.45) is 6.31. The van der Waals surface area contributed by atoms with E-state index in [1.807, 2.05) is 6.07 Å². The van der Waals surface area contributed by atoms with Gasteiger partial charge < -0.3 is 0 Å². The Bertz CT molecular complexity index is 374. The Hall–Kier alpha value is -0.560. The van der Waals surface area contributed by atoms with Gasteiger partial charge in [-0.15, -0.1) is 0 Å². The molecule has 1 fully saturated rings. The first-order valence-electron chi connectivity index (χ1n) is 6.53. The van der Waals surface area contributed by atoms with Gasteiger partial charge in [0.2, 0.25) is 0 Å². The maximum absolute atomic E-state index is 13.4. The number of rotatable bonds is 3. The van der Waals surface area contributed by atoms with E-state index in [-0.39, 0.29) is 5.82 Å². The van der Waals surface area contributed by atoms with Crippen molar-refractivity contribution in [1.29, 1.82) is 0 Å². The first-order valence-corrected chi connectivity index (χ1v) is 6.91. The molecule has 94 valence electrons. The van der Waals surface area contributed by atoms with Crippen LogP contribution in [0.25, 0.3) is 0 Å². The summed E-state index contributed by atoms with van der Waals surface area (Å²) in [6.45, 7) is 4.47. The van der Waals surface area contributed by atoms with Crippen LogP contribution in [0.3, 0.4) is 0 Å². The molecule has 2 rings (SSSR count). The summed E-state index contributed by atoms with van der Waals surface area (Å²) in [7, 11) is 0. The zero-order valence-electron chi connectivity index (χ0n) is 10.6. The summed E-state index contributed by atoms with van der Waals surface area (Å²) in [5.74, 6) is 0.173. The molecule has 0 aliphatic heterocycles. The van der Waals surface area contributed by atoms with Gasteiger partial charge in [0.15, 0.2) is 0 Å². The van der Waals surface area contributed by atoms with Gasteiger partial charge in [-0.05, 0) is 54.4 Å². The summed E-state index contributed by atoms with van der Waals surface area (Å²) >= 11 is 5.95. The molecular weight excluding hydrogens is 235 g/mol. The van der Waals surface area contributed by atoms with Gasteiger partial charge in [-0.2, -0.15) is 0 Å². The molecule has 1 aliphatic rings. The topological polar surface area (TPSA) is 0 Å². The molecular formula is C15H20ClF. The minimum atomic E-state index is -0.219. The number of halogens is 2. The molecule has 1 atom stereocenters. The van der Waals surface area contributed by atoms with Crippen molar-refractivity contribution in [2.45, 2.75) is 51.9 Å². The average molecular weight is 255 g/mol. The van der Waals surface area contributed by atoms with E-state index < -0.39 is 0 Å². The fraction of sp³-hybridized carbons (Fsp3) is 0.600. The van der Waals surface area contributed by atoms with Crippen molar-refractivity contribution in [2.24, 2.45) is 5.41 Å². The second kappa shape index (κ2) is 4.97. The smallest absolute Gasteiger partial charge is 0.124 e. The predicted octanol–water partition coefficient (Wildman–Crippen LogP) is 5.55. The van der Waals surface area contributed by atoms with Gasteiger partial charge in [0, 0.05) is 5.02 Å². The molecule has 1 aliphatic carbocycles. The van der Waals surface area contributed by atoms with E-state index in [2.05, 4.69) is 13.8 Å². The monoisotopic (exact) mass is 254 g/mol. The standard InChI is InChI=1S/C15H20ClF/c1-3-15(6-4-5-7-15)11(2)12-8-13(16)10-14(17)9-12/h8-11H,3-7H2,1-2H3. The predicted molar refractivity (Wildman–Crippen MR) is 71.0 cm³/mol. The van der Waals surface area contributed by atoms with Crippen LogP contribution in [0.4, 0.5) is 4.39 Å². The Kier molecular flexibility index (Phi) is 3.77. The van der Waals surface area contributed by atoms with Crippen LogP contribution in [0.1, 0.15) is 57.4 Å². The van der Waals surface area contributed by atoms with Gasteiger partial charge in [0.25, 0.3) is 0 Å². The molecule has 0 nitrogen and oxygen atoms in total. The second-order valence-corrected chi connectivity index (χ2v) is 5.78. The quantitative estimate of drug-likeness (QED) is 0.663. The van der Waals surface area contributed by atoms with E-state index in [1.54, 1.807) is 6.07 Å². The molecule has 0 N–H and O–H groups in total. The Labute approximate surface area is 108 Å². The molecule has 1 unspecified atom stereocenters. The lowest BCUT2D eigenvalue weighted by Gasteiger charge is -2.35. The molecule has 1 saturated carbocycles. The number of hydrogen-bond donors (Lipinski definition) is 0. The lowest BCUT2D eigenvalue weighted by atomic mass is 9.70. The van der Waals surface area contributed by atoms with E-state index in [1.165, 1.54) is 38.2 Å². The third kappa shape index (κ3) is 2.49. The van der Waals surface area contributed by atoms with E-state index >= 15 is 0 Å². The molecule has 0 amide bonds. The third-order valence-corrected chi connectivity index (χ3v) is 4.83. The van der Waals surface area contributed by atoms with Crippen LogP contribution in [0.5, 0.6) is 0 Å². The highest BCUT2D eigenvalue weighted by Gasteiger charge is 2.38. The van der Waals surface area contributed by atoms with Crippen LogP contribution < -0.4 is 0 Å². The third-order valence-electron chi connectivity index (χ3n) is 4.61. The Morgan fingerprint density at radius 1 is 1.29 bits per heavy atom. The van der Waals surface area contributed by atoms with Crippen molar-refractivity contribution in [3.63, 3.8) is 0 Å². The van der Waals surface area contributed by atoms with Crippen LogP contribution in [-0.2, 0) is 0 Å². The zero-order chi connectivity index (χ0) is 12.5. The first-order chi connectivity index (χ1) is 8.07. The van der Waals surface area contributed by atoms with Crippen molar-refractivity contribution in [2.75, 3.05) is 0 Å². The van der Waals surface area contributed by atoms with Gasteiger partial charge in [0.1, 0.15) is 5.82 Å². The largest absolute Gasteiger partial charge is 0.207 e. The van der Waals surface area contributed by atoms with Crippen molar-refractivity contribution < 1.29 is 4.39 Å². The van der Waals surface area contributed by atoms with Crippen LogP contribution in [0, 0.1) is 11.2 Å². The van der Waals surface area contributed by atoms with Crippen molar-refractivity contribution >= 4 is 11.6 Å². The summed E-state index contributed by atoms with van der Waals surface area (Å²) < 4.78 is 13.4. The lowest BCUT2D eigenvalue weighted by Crippen LogP contribution is -2.23. The lowest BCUT2D eigenvalue weighted by molar-refractivity contribution is 0.230. The maximum Gasteiger partial charge on any atom is 0.124 e. The van der Waals surface area contributed by atoms with E-state index in [4.69, 9.17) is 11.6 Å². The van der Waals surface area contributed by atoms with E-state index in [0.29, 0.717) is 16.4 Å². The van der Waals surface area contributed by atoms with Crippen molar-refractivity contribution in [1.82, 2.24) is 0 Å². The summed E-state index contributed by atoms with van der Waals surface area (Å²) in [6, 6.07) is 4.95. The molecule has 2 heteroatoms. The summed E-state index contributed by atoms with van der Waals surface area (Å²) in [4.78, 5) is 0. The van der Waals surface area contributed by atoms with Gasteiger partial charge in [0.05, 0.1) is 0 Å². The number of hydrogen-bond acceptors (Lipinski definition) is 0. The summed E-state index contributed by atoms with van der Waals surface area (Å²) in [5, 5.41) is 0.510. The minimum absolute atomic E-state index is 0.219. The van der Waals surface area contributed by atoms with Gasteiger partial charge in [-0.1, -0.05) is 38.3 Å². The maximum atomic E-state index is 13.4. The SMILES string of the molecule is CCC1(C(C)c2cc(F)cc(Cl)c2)CCCC1. The molecule has 0 bridgehead atoms. The fourth-order valence-electron chi connectivity index (χ4n) is 3.35. The normalized spacial score (nSPS) is 20.5. The Morgan fingerprint density at radius 3 is 2.47 bits per heavy atom. The van der Waals surface area contributed by atoms with Crippen molar-refractivity contribution in [3.8, 4) is 0 Å². The highest BCUT2D eigenvalue weighted by Crippen LogP contribution is 2.51. The fourth-order valence-corrected chi connectivity index (χ4v) is 3.58. The molecule has 0 aromatic heterocycles. The number of benzene rings is 1. The highest BCUT2D eigenvalue weighted by molar-refractivity contribution is 6.30. The van der Waals surface area contributed by atoms with Crippen LogP contribution in [0.15, 0.2) is 18.2 Å². The average Bonchev–Trinajstić information content (AvgIpc) is 2.76. The molecule has 0 spiro atoms. The minimum Gasteiger partial charge on any atom is -0.207 e. The Morgan fingerprint density at radius 2 is 1.94 bits per heavy atom. The van der Waals surface area contributed by atoms with Gasteiger partial charge >= 0.3 is 0 Å². The van der Waals surface area contributed by atoms with Crippen molar-refractivity contribution in [3.05, 3.63) is 34.6 Å². The zero-order valence-corrected chi connectivity index (χ0v) is 11.4. The summed E-state index contributed by atoms with van der Waals surface area (Å²) in [5.41, 5.74) is 1.41. The highest BCUT2D eigenvalue weighted by atomic mass is 35.5. The van der Waals surface area contributed by atoms with Gasteiger partial charge in [-0.3, -0.25) is 0 Å². The molecule has 1 aromatic rings. The molecule has 0 heterocycles. The molecule has 0 radical (unpaired) electrons. The van der Waals surface area contributed by atoms with E-state index in [0.717, 1.165) is 5.56 Å². The van der Waals surface area contributed by atoms with E-state index in [9.17, 15) is 4.39 Å². The second-order valence-electron chi connectivity index (χ2n) is 5.35. The van der Waals surface area contributed by atoms with Crippen LogP contribution in [0.2, 0.25) is 5.02 Å². The Balaban J connectivity index is 2.32. The first kappa shape index (κ1) is 12.9. The van der Waals surface area contributed by atoms with Crippen LogP contribution in [-0.4, -0.2) is 0 Å².